The molecule has 0 amide bonds. The standard InChI is InChI=1S/C18H27NO5/c1-3-23-17(20)14-8-6-5-7-9-15(16(14)18(21)24-4-2)19-10-12-22-13-11-19/h8H,3-7,9-13H2,1-2H3/b14-8+,16-15-. The van der Waals surface area contributed by atoms with Crippen LogP contribution in [0.4, 0.5) is 0 Å². The van der Waals surface area contributed by atoms with Crippen LogP contribution < -0.4 is 0 Å². The Morgan fingerprint density at radius 1 is 1.08 bits per heavy atom. The van der Waals surface area contributed by atoms with E-state index >= 15 is 0 Å². The van der Waals surface area contributed by atoms with Gasteiger partial charge in [-0.15, -0.1) is 0 Å². The van der Waals surface area contributed by atoms with Gasteiger partial charge in [-0.05, 0) is 39.5 Å². The molecular weight excluding hydrogens is 310 g/mol. The van der Waals surface area contributed by atoms with Gasteiger partial charge in [0, 0.05) is 18.8 Å². The van der Waals surface area contributed by atoms with E-state index in [0.717, 1.165) is 31.4 Å². The lowest BCUT2D eigenvalue weighted by molar-refractivity contribution is -0.142. The van der Waals surface area contributed by atoms with Crippen molar-refractivity contribution in [2.24, 2.45) is 0 Å². The van der Waals surface area contributed by atoms with Crippen molar-refractivity contribution in [3.05, 3.63) is 22.9 Å². The van der Waals surface area contributed by atoms with Gasteiger partial charge in [-0.1, -0.05) is 6.08 Å². The number of esters is 2. The molecule has 1 fully saturated rings. The van der Waals surface area contributed by atoms with Gasteiger partial charge in [0.2, 0.25) is 0 Å². The first-order valence-electron chi connectivity index (χ1n) is 8.79. The summed E-state index contributed by atoms with van der Waals surface area (Å²) in [6.45, 7) is 6.76. The van der Waals surface area contributed by atoms with Gasteiger partial charge in [-0.2, -0.15) is 0 Å². The average molecular weight is 337 g/mol. The molecule has 24 heavy (non-hydrogen) atoms. The highest BCUT2D eigenvalue weighted by atomic mass is 16.5. The molecule has 0 aromatic carbocycles. The summed E-state index contributed by atoms with van der Waals surface area (Å²) in [5.74, 6) is -0.895. The van der Waals surface area contributed by atoms with Crippen molar-refractivity contribution in [3.8, 4) is 0 Å². The molecule has 0 aromatic heterocycles. The van der Waals surface area contributed by atoms with Crippen LogP contribution >= 0.6 is 0 Å². The van der Waals surface area contributed by atoms with E-state index in [1.807, 2.05) is 6.08 Å². The monoisotopic (exact) mass is 337 g/mol. The van der Waals surface area contributed by atoms with E-state index in [9.17, 15) is 9.59 Å². The van der Waals surface area contributed by atoms with Crippen LogP contribution in [0.2, 0.25) is 0 Å². The maximum atomic E-state index is 12.6. The molecule has 1 aliphatic carbocycles. The third-order valence-electron chi connectivity index (χ3n) is 4.14. The molecule has 1 heterocycles. The zero-order valence-corrected chi connectivity index (χ0v) is 14.6. The van der Waals surface area contributed by atoms with Crippen LogP contribution in [0.5, 0.6) is 0 Å². The lowest BCUT2D eigenvalue weighted by Gasteiger charge is -2.33. The van der Waals surface area contributed by atoms with E-state index in [-0.39, 0.29) is 13.2 Å². The number of carbonyl (C=O) groups excluding carboxylic acids is 2. The Morgan fingerprint density at radius 2 is 1.75 bits per heavy atom. The fourth-order valence-corrected chi connectivity index (χ4v) is 3.04. The van der Waals surface area contributed by atoms with E-state index in [2.05, 4.69) is 4.90 Å². The molecule has 0 atom stereocenters. The first kappa shape index (κ1) is 18.5. The van der Waals surface area contributed by atoms with Crippen molar-refractivity contribution in [2.75, 3.05) is 39.5 Å². The average Bonchev–Trinajstić information content (AvgIpc) is 2.56. The number of hydrogen-bond acceptors (Lipinski definition) is 6. The molecule has 1 aliphatic heterocycles. The summed E-state index contributed by atoms with van der Waals surface area (Å²) in [4.78, 5) is 27.2. The molecule has 2 aliphatic rings. The molecule has 0 bridgehead atoms. The molecule has 1 saturated heterocycles. The summed E-state index contributed by atoms with van der Waals surface area (Å²) in [6, 6.07) is 0. The summed E-state index contributed by atoms with van der Waals surface area (Å²) in [5.41, 5.74) is 1.60. The second-order valence-electron chi connectivity index (χ2n) is 5.73. The number of hydrogen-bond donors (Lipinski definition) is 0. The summed E-state index contributed by atoms with van der Waals surface area (Å²) < 4.78 is 15.8. The Balaban J connectivity index is 2.47. The predicted octanol–water partition coefficient (Wildman–Crippen LogP) is 2.20. The summed E-state index contributed by atoms with van der Waals surface area (Å²) in [5, 5.41) is 0. The Hall–Kier alpha value is -1.82. The summed E-state index contributed by atoms with van der Waals surface area (Å²) >= 11 is 0. The van der Waals surface area contributed by atoms with Gasteiger partial charge in [0.1, 0.15) is 0 Å². The molecule has 2 rings (SSSR count). The molecule has 0 radical (unpaired) electrons. The third kappa shape index (κ3) is 4.60. The highest BCUT2D eigenvalue weighted by molar-refractivity contribution is 6.07. The van der Waals surface area contributed by atoms with Gasteiger partial charge in [-0.3, -0.25) is 0 Å². The maximum Gasteiger partial charge on any atom is 0.340 e. The van der Waals surface area contributed by atoms with Crippen molar-refractivity contribution in [2.45, 2.75) is 39.5 Å². The van der Waals surface area contributed by atoms with Crippen molar-refractivity contribution < 1.29 is 23.8 Å². The van der Waals surface area contributed by atoms with Gasteiger partial charge in [0.25, 0.3) is 0 Å². The molecule has 134 valence electrons. The summed E-state index contributed by atoms with van der Waals surface area (Å²) in [7, 11) is 0. The minimum Gasteiger partial charge on any atom is -0.462 e. The van der Waals surface area contributed by atoms with Crippen LogP contribution in [-0.2, 0) is 23.8 Å². The van der Waals surface area contributed by atoms with Gasteiger partial charge < -0.3 is 19.1 Å². The highest BCUT2D eigenvalue weighted by Crippen LogP contribution is 2.29. The Labute approximate surface area is 143 Å². The molecule has 0 spiro atoms. The highest BCUT2D eigenvalue weighted by Gasteiger charge is 2.30. The first-order valence-corrected chi connectivity index (χ1v) is 8.79. The lowest BCUT2D eigenvalue weighted by atomic mass is 9.94. The zero-order chi connectivity index (χ0) is 17.4. The molecule has 6 nitrogen and oxygen atoms in total. The van der Waals surface area contributed by atoms with Crippen molar-refractivity contribution in [1.29, 1.82) is 0 Å². The van der Waals surface area contributed by atoms with Crippen molar-refractivity contribution in [1.82, 2.24) is 4.90 Å². The second kappa shape index (κ2) is 9.47. The van der Waals surface area contributed by atoms with E-state index in [1.54, 1.807) is 13.8 Å². The minimum atomic E-state index is -0.451. The quantitative estimate of drug-likeness (QED) is 0.717. The third-order valence-corrected chi connectivity index (χ3v) is 4.14. The number of ether oxygens (including phenoxy) is 3. The van der Waals surface area contributed by atoms with Crippen LogP contribution in [0.1, 0.15) is 39.5 Å². The lowest BCUT2D eigenvalue weighted by Crippen LogP contribution is -2.37. The smallest absolute Gasteiger partial charge is 0.340 e. The Kier molecular flexibility index (Phi) is 7.31. The van der Waals surface area contributed by atoms with Crippen LogP contribution in [0.15, 0.2) is 22.9 Å². The molecule has 6 heteroatoms. The zero-order valence-electron chi connectivity index (χ0n) is 14.6. The van der Waals surface area contributed by atoms with E-state index in [4.69, 9.17) is 14.2 Å². The Bertz CT molecular complexity index is 518. The number of nitrogens with zero attached hydrogens (tertiary/aromatic N) is 1. The maximum absolute atomic E-state index is 12.6. The van der Waals surface area contributed by atoms with Gasteiger partial charge in [0.15, 0.2) is 0 Å². The number of allylic oxidation sites excluding steroid dienone is 2. The Morgan fingerprint density at radius 3 is 2.42 bits per heavy atom. The fraction of sp³-hybridized carbons (Fsp3) is 0.667. The van der Waals surface area contributed by atoms with Crippen LogP contribution in [0.25, 0.3) is 0 Å². The number of morpholine rings is 1. The van der Waals surface area contributed by atoms with Crippen LogP contribution in [0.3, 0.4) is 0 Å². The topological polar surface area (TPSA) is 65.1 Å². The second-order valence-corrected chi connectivity index (χ2v) is 5.73. The molecule has 0 N–H and O–H groups in total. The molecule has 0 aromatic rings. The molecular formula is C18H27NO5. The van der Waals surface area contributed by atoms with Gasteiger partial charge in [0.05, 0.1) is 37.6 Å². The van der Waals surface area contributed by atoms with Crippen LogP contribution in [0, 0.1) is 0 Å². The first-order chi connectivity index (χ1) is 11.7. The SMILES string of the molecule is CCOC(=O)C1=C(\N2CCOCC2)CCCC/C=C\1C(=O)OCC. The van der Waals surface area contributed by atoms with Crippen molar-refractivity contribution >= 4 is 11.9 Å². The van der Waals surface area contributed by atoms with Gasteiger partial charge >= 0.3 is 11.9 Å². The van der Waals surface area contributed by atoms with Crippen LogP contribution in [-0.4, -0.2) is 56.4 Å². The molecule has 0 unspecified atom stereocenters. The van der Waals surface area contributed by atoms with Crippen molar-refractivity contribution in [3.63, 3.8) is 0 Å². The normalized spacial score (nSPS) is 24.4. The van der Waals surface area contributed by atoms with E-state index < -0.39 is 11.9 Å². The predicted molar refractivity (Wildman–Crippen MR) is 89.2 cm³/mol. The number of rotatable bonds is 5. The minimum absolute atomic E-state index is 0.273. The van der Waals surface area contributed by atoms with Gasteiger partial charge in [-0.25, -0.2) is 9.59 Å². The largest absolute Gasteiger partial charge is 0.462 e. The molecule has 0 saturated carbocycles. The van der Waals surface area contributed by atoms with E-state index in [0.29, 0.717) is 37.4 Å². The number of carbonyl (C=O) groups is 2. The summed E-state index contributed by atoms with van der Waals surface area (Å²) in [6.07, 6.45) is 5.29. The van der Waals surface area contributed by atoms with E-state index in [1.165, 1.54) is 0 Å². The fourth-order valence-electron chi connectivity index (χ4n) is 3.04.